The van der Waals surface area contributed by atoms with E-state index in [1.165, 1.54) is 10.4 Å². The van der Waals surface area contributed by atoms with Crippen LogP contribution in [0.1, 0.15) is 56.9 Å². The molecule has 0 spiro atoms. The molecule has 0 aromatic carbocycles. The van der Waals surface area contributed by atoms with E-state index in [0.29, 0.717) is 0 Å². The summed E-state index contributed by atoms with van der Waals surface area (Å²) < 4.78 is 0. The monoisotopic (exact) mass is 281 g/mol. The van der Waals surface area contributed by atoms with E-state index in [-0.39, 0.29) is 11.8 Å². The maximum absolute atomic E-state index is 12.5. The van der Waals surface area contributed by atoms with E-state index in [9.17, 15) is 9.90 Å². The number of nitrogens with one attached hydrogen (secondary N) is 1. The number of fused-ring (bicyclic) bond motifs is 1. The van der Waals surface area contributed by atoms with Crippen LogP contribution in [-0.4, -0.2) is 22.2 Å². The van der Waals surface area contributed by atoms with Gasteiger partial charge < -0.3 is 10.4 Å². The predicted octanol–water partition coefficient (Wildman–Crippen LogP) is 2.83. The van der Waals surface area contributed by atoms with Crippen molar-refractivity contribution in [2.75, 3.05) is 0 Å². The van der Waals surface area contributed by atoms with E-state index in [1.807, 2.05) is 13.8 Å². The zero-order valence-electron chi connectivity index (χ0n) is 12.1. The molecule has 19 heavy (non-hydrogen) atoms. The lowest BCUT2D eigenvalue weighted by Crippen LogP contribution is -2.58. The van der Waals surface area contributed by atoms with E-state index in [2.05, 4.69) is 16.8 Å². The van der Waals surface area contributed by atoms with E-state index in [0.717, 1.165) is 19.3 Å². The third-order valence-electron chi connectivity index (χ3n) is 4.33. The lowest BCUT2D eigenvalue weighted by atomic mass is 9.83. The summed E-state index contributed by atoms with van der Waals surface area (Å²) in [6.07, 6.45) is 3.05. The Balaban J connectivity index is 2.15. The minimum absolute atomic E-state index is 0.0338. The highest BCUT2D eigenvalue weighted by molar-refractivity contribution is 7.10. The predicted molar refractivity (Wildman–Crippen MR) is 78.5 cm³/mol. The highest BCUT2D eigenvalue weighted by atomic mass is 32.1. The zero-order chi connectivity index (χ0) is 14.3. The van der Waals surface area contributed by atoms with Gasteiger partial charge in [-0.15, -0.1) is 11.3 Å². The maximum Gasteiger partial charge on any atom is 0.228 e. The first-order chi connectivity index (χ1) is 8.72. The molecule has 1 aliphatic carbocycles. The molecular weight excluding hydrogens is 258 g/mol. The number of aliphatic hydroxyl groups is 1. The first-order valence-corrected chi connectivity index (χ1v) is 7.71. The second kappa shape index (κ2) is 4.91. The molecular formula is C15H23NO2S. The summed E-state index contributed by atoms with van der Waals surface area (Å²) in [5, 5.41) is 15.2. The largest absolute Gasteiger partial charge is 0.388 e. The summed E-state index contributed by atoms with van der Waals surface area (Å²) >= 11 is 1.74. The molecule has 0 radical (unpaired) electrons. The highest BCUT2D eigenvalue weighted by Gasteiger charge is 2.38. The number of aryl methyl sites for hydroxylation is 1. The second-order valence-corrected chi connectivity index (χ2v) is 7.42. The third-order valence-corrected chi connectivity index (χ3v) is 5.33. The maximum atomic E-state index is 12.5. The minimum atomic E-state index is -0.950. The van der Waals surface area contributed by atoms with E-state index in [1.54, 1.807) is 25.2 Å². The molecule has 2 N–H and O–H groups in total. The van der Waals surface area contributed by atoms with Crippen molar-refractivity contribution in [3.05, 3.63) is 21.9 Å². The molecule has 3 nitrogen and oxygen atoms in total. The normalized spacial score (nSPS) is 19.9. The quantitative estimate of drug-likeness (QED) is 0.895. The second-order valence-electron chi connectivity index (χ2n) is 6.42. The van der Waals surface area contributed by atoms with E-state index >= 15 is 0 Å². The Hall–Kier alpha value is -0.870. The average Bonchev–Trinajstić information content (AvgIpc) is 2.73. The number of carbonyl (C=O) groups excluding carboxylic acids is 1. The molecule has 0 saturated carbocycles. The minimum Gasteiger partial charge on any atom is -0.388 e. The van der Waals surface area contributed by atoms with Gasteiger partial charge in [0.05, 0.1) is 17.1 Å². The standard InChI is InChI=1S/C15H23NO2S/c1-14(2,15(3,4)18)16-13(17)11-6-5-7-12-10(11)8-9-19-12/h8-9,11,18H,5-7H2,1-4H3,(H,16,17). The Labute approximate surface area is 119 Å². The van der Waals surface area contributed by atoms with Crippen LogP contribution in [0.2, 0.25) is 0 Å². The zero-order valence-corrected chi connectivity index (χ0v) is 12.9. The van der Waals surface area contributed by atoms with Gasteiger partial charge in [0, 0.05) is 4.88 Å². The van der Waals surface area contributed by atoms with Crippen molar-refractivity contribution in [2.24, 2.45) is 0 Å². The fourth-order valence-electron chi connectivity index (χ4n) is 2.31. The molecule has 1 aromatic rings. The Morgan fingerprint density at radius 2 is 2.11 bits per heavy atom. The van der Waals surface area contributed by atoms with Gasteiger partial charge in [0.2, 0.25) is 5.91 Å². The number of thiophene rings is 1. The lowest BCUT2D eigenvalue weighted by Gasteiger charge is -2.39. The van der Waals surface area contributed by atoms with Crippen LogP contribution in [0.25, 0.3) is 0 Å². The number of amides is 1. The Bertz CT molecular complexity index is 471. The fourth-order valence-corrected chi connectivity index (χ4v) is 3.29. The SMILES string of the molecule is CC(C)(O)C(C)(C)NC(=O)C1CCCc2sccc21. The van der Waals surface area contributed by atoms with Crippen molar-refractivity contribution in [1.29, 1.82) is 0 Å². The van der Waals surface area contributed by atoms with Gasteiger partial charge in [-0.25, -0.2) is 0 Å². The van der Waals surface area contributed by atoms with E-state index < -0.39 is 11.1 Å². The fraction of sp³-hybridized carbons (Fsp3) is 0.667. The van der Waals surface area contributed by atoms with Gasteiger partial charge in [-0.3, -0.25) is 4.79 Å². The van der Waals surface area contributed by atoms with Crippen LogP contribution >= 0.6 is 11.3 Å². The first kappa shape index (κ1) is 14.5. The number of carbonyl (C=O) groups is 1. The molecule has 1 atom stereocenters. The summed E-state index contributed by atoms with van der Waals surface area (Å²) in [4.78, 5) is 13.8. The summed E-state index contributed by atoms with van der Waals surface area (Å²) in [7, 11) is 0. The third kappa shape index (κ3) is 2.84. The van der Waals surface area contributed by atoms with Gasteiger partial charge in [-0.05, 0) is 64.0 Å². The molecule has 0 fully saturated rings. The van der Waals surface area contributed by atoms with Crippen LogP contribution in [0.3, 0.4) is 0 Å². The van der Waals surface area contributed by atoms with Crippen LogP contribution < -0.4 is 5.32 Å². The van der Waals surface area contributed by atoms with Crippen LogP contribution in [0.15, 0.2) is 11.4 Å². The van der Waals surface area contributed by atoms with Crippen LogP contribution in [0.5, 0.6) is 0 Å². The molecule has 106 valence electrons. The first-order valence-electron chi connectivity index (χ1n) is 6.83. The van der Waals surface area contributed by atoms with Crippen LogP contribution in [-0.2, 0) is 11.2 Å². The van der Waals surface area contributed by atoms with Gasteiger partial charge in [-0.1, -0.05) is 0 Å². The molecule has 0 aliphatic heterocycles. The van der Waals surface area contributed by atoms with Crippen molar-refractivity contribution in [3.63, 3.8) is 0 Å². The van der Waals surface area contributed by atoms with Gasteiger partial charge in [0.25, 0.3) is 0 Å². The molecule has 1 aromatic heterocycles. The topological polar surface area (TPSA) is 49.3 Å². The van der Waals surface area contributed by atoms with Crippen molar-refractivity contribution in [3.8, 4) is 0 Å². The van der Waals surface area contributed by atoms with E-state index in [4.69, 9.17) is 0 Å². The number of hydrogen-bond donors (Lipinski definition) is 2. The highest BCUT2D eigenvalue weighted by Crippen LogP contribution is 2.35. The summed E-state index contributed by atoms with van der Waals surface area (Å²) in [5.74, 6) is -0.0249. The van der Waals surface area contributed by atoms with Gasteiger partial charge in [-0.2, -0.15) is 0 Å². The van der Waals surface area contributed by atoms with Crippen molar-refractivity contribution in [2.45, 2.75) is 64.0 Å². The molecule has 1 aliphatic rings. The summed E-state index contributed by atoms with van der Waals surface area (Å²) in [6.45, 7) is 7.18. The molecule has 1 unspecified atom stereocenters. The van der Waals surface area contributed by atoms with Crippen LogP contribution in [0, 0.1) is 0 Å². The Morgan fingerprint density at radius 3 is 2.74 bits per heavy atom. The molecule has 0 bridgehead atoms. The van der Waals surface area contributed by atoms with Crippen molar-refractivity contribution < 1.29 is 9.90 Å². The molecule has 0 saturated heterocycles. The number of hydrogen-bond acceptors (Lipinski definition) is 3. The summed E-state index contributed by atoms with van der Waals surface area (Å²) in [6, 6.07) is 2.07. The van der Waals surface area contributed by atoms with Crippen molar-refractivity contribution in [1.82, 2.24) is 5.32 Å². The molecule has 4 heteroatoms. The van der Waals surface area contributed by atoms with Crippen LogP contribution in [0.4, 0.5) is 0 Å². The average molecular weight is 281 g/mol. The molecule has 1 heterocycles. The smallest absolute Gasteiger partial charge is 0.228 e. The van der Waals surface area contributed by atoms with Crippen molar-refractivity contribution >= 4 is 17.2 Å². The number of rotatable bonds is 3. The Kier molecular flexibility index (Phi) is 3.76. The molecule has 1 amide bonds. The summed E-state index contributed by atoms with van der Waals surface area (Å²) in [5.41, 5.74) is -0.410. The van der Waals surface area contributed by atoms with Gasteiger partial charge >= 0.3 is 0 Å². The van der Waals surface area contributed by atoms with Gasteiger partial charge in [0.15, 0.2) is 0 Å². The Morgan fingerprint density at radius 1 is 1.42 bits per heavy atom. The lowest BCUT2D eigenvalue weighted by molar-refractivity contribution is -0.128. The molecule has 2 rings (SSSR count). The van der Waals surface area contributed by atoms with Gasteiger partial charge in [0.1, 0.15) is 0 Å².